The summed E-state index contributed by atoms with van der Waals surface area (Å²) in [4.78, 5) is 4.11. The molecular weight excluding hydrogens is 372 g/mol. The molecule has 1 aromatic carbocycles. The van der Waals surface area contributed by atoms with E-state index < -0.39 is 0 Å². The van der Waals surface area contributed by atoms with Crippen LogP contribution in [0, 0.1) is 0 Å². The highest BCUT2D eigenvalue weighted by Gasteiger charge is 2.09. The summed E-state index contributed by atoms with van der Waals surface area (Å²) in [6.45, 7) is 2.40. The van der Waals surface area contributed by atoms with Crippen molar-refractivity contribution in [1.82, 2.24) is 4.98 Å². The predicted octanol–water partition coefficient (Wildman–Crippen LogP) is 4.21. The smallest absolute Gasteiger partial charge is 0.125 e. The number of halogens is 2. The molecule has 1 heterocycles. The van der Waals surface area contributed by atoms with Gasteiger partial charge in [-0.2, -0.15) is 0 Å². The molecule has 0 amide bonds. The first kappa shape index (κ1) is 14.5. The van der Waals surface area contributed by atoms with Crippen molar-refractivity contribution in [3.8, 4) is 5.75 Å². The van der Waals surface area contributed by atoms with Gasteiger partial charge in [-0.15, -0.1) is 0 Å². The van der Waals surface area contributed by atoms with Crippen LogP contribution in [0.3, 0.4) is 0 Å². The molecule has 0 radical (unpaired) electrons. The molecule has 0 aliphatic carbocycles. The van der Waals surface area contributed by atoms with Gasteiger partial charge in [-0.25, -0.2) is 0 Å². The van der Waals surface area contributed by atoms with Gasteiger partial charge in [0.15, 0.2) is 0 Å². The maximum Gasteiger partial charge on any atom is 0.125 e. The van der Waals surface area contributed by atoms with Crippen LogP contribution in [0.2, 0.25) is 0 Å². The first-order valence-corrected chi connectivity index (χ1v) is 7.42. The zero-order valence-corrected chi connectivity index (χ0v) is 13.6. The van der Waals surface area contributed by atoms with Crippen LogP contribution in [-0.2, 0) is 6.61 Å². The molecule has 2 N–H and O–H groups in total. The average molecular weight is 386 g/mol. The van der Waals surface area contributed by atoms with Crippen molar-refractivity contribution in [3.05, 3.63) is 56.7 Å². The molecule has 100 valence electrons. The van der Waals surface area contributed by atoms with Gasteiger partial charge in [-0.1, -0.05) is 22.0 Å². The van der Waals surface area contributed by atoms with Crippen LogP contribution >= 0.6 is 31.9 Å². The zero-order valence-electron chi connectivity index (χ0n) is 10.4. The normalized spacial score (nSPS) is 12.2. The molecule has 2 rings (SSSR count). The van der Waals surface area contributed by atoms with E-state index >= 15 is 0 Å². The number of rotatable bonds is 4. The SMILES string of the molecule is C[C@H](N)c1ccc(Br)cc1OCc1cncc(Br)c1. The molecule has 0 saturated carbocycles. The minimum absolute atomic E-state index is 0.0660. The molecule has 0 aliphatic heterocycles. The lowest BCUT2D eigenvalue weighted by atomic mass is 10.1. The minimum Gasteiger partial charge on any atom is -0.488 e. The van der Waals surface area contributed by atoms with E-state index in [0.717, 1.165) is 25.8 Å². The molecule has 5 heteroatoms. The number of nitrogens with two attached hydrogens (primary N) is 1. The van der Waals surface area contributed by atoms with E-state index in [0.29, 0.717) is 6.61 Å². The zero-order chi connectivity index (χ0) is 13.8. The van der Waals surface area contributed by atoms with Crippen molar-refractivity contribution in [3.63, 3.8) is 0 Å². The van der Waals surface area contributed by atoms with E-state index in [1.807, 2.05) is 31.2 Å². The Hall–Kier alpha value is -0.910. The van der Waals surface area contributed by atoms with Gasteiger partial charge >= 0.3 is 0 Å². The maximum atomic E-state index is 5.94. The van der Waals surface area contributed by atoms with Gasteiger partial charge in [0.25, 0.3) is 0 Å². The number of ether oxygens (including phenoxy) is 1. The van der Waals surface area contributed by atoms with Crippen LogP contribution in [0.1, 0.15) is 24.1 Å². The standard InChI is InChI=1S/C14H14Br2N2O/c1-9(17)13-3-2-11(15)5-14(13)19-8-10-4-12(16)7-18-6-10/h2-7,9H,8,17H2,1H3/t9-/m0/s1. The summed E-state index contributed by atoms with van der Waals surface area (Å²) in [6, 6.07) is 7.79. The molecule has 0 fully saturated rings. The quantitative estimate of drug-likeness (QED) is 0.857. The van der Waals surface area contributed by atoms with Crippen LogP contribution in [0.15, 0.2) is 45.6 Å². The number of benzene rings is 1. The monoisotopic (exact) mass is 384 g/mol. The largest absolute Gasteiger partial charge is 0.488 e. The summed E-state index contributed by atoms with van der Waals surface area (Å²) in [5.41, 5.74) is 7.94. The molecule has 0 unspecified atom stereocenters. The molecule has 3 nitrogen and oxygen atoms in total. The molecular formula is C14H14Br2N2O. The lowest BCUT2D eigenvalue weighted by molar-refractivity contribution is 0.301. The number of hydrogen-bond donors (Lipinski definition) is 1. The van der Waals surface area contributed by atoms with E-state index in [-0.39, 0.29) is 6.04 Å². The van der Waals surface area contributed by atoms with Crippen molar-refractivity contribution in [1.29, 1.82) is 0 Å². The van der Waals surface area contributed by atoms with Crippen LogP contribution in [-0.4, -0.2) is 4.98 Å². The Bertz CT molecular complexity index is 573. The van der Waals surface area contributed by atoms with Gasteiger partial charge in [-0.3, -0.25) is 4.98 Å². The van der Waals surface area contributed by atoms with Gasteiger partial charge < -0.3 is 10.5 Å². The first-order chi connectivity index (χ1) is 9.06. The Kier molecular flexibility index (Phi) is 4.96. The fraction of sp³-hybridized carbons (Fsp3) is 0.214. The Morgan fingerprint density at radius 1 is 1.21 bits per heavy atom. The lowest BCUT2D eigenvalue weighted by Crippen LogP contribution is -2.08. The Morgan fingerprint density at radius 2 is 2.00 bits per heavy atom. The first-order valence-electron chi connectivity index (χ1n) is 5.83. The topological polar surface area (TPSA) is 48.1 Å². The Labute approximate surface area is 129 Å². The second kappa shape index (κ2) is 6.50. The van der Waals surface area contributed by atoms with E-state index in [2.05, 4.69) is 36.8 Å². The highest BCUT2D eigenvalue weighted by molar-refractivity contribution is 9.10. The summed E-state index contributed by atoms with van der Waals surface area (Å²) >= 11 is 6.83. The second-order valence-corrected chi connectivity index (χ2v) is 6.10. The molecule has 0 spiro atoms. The Morgan fingerprint density at radius 3 is 2.68 bits per heavy atom. The molecule has 0 bridgehead atoms. The van der Waals surface area contributed by atoms with Gasteiger partial charge in [0.1, 0.15) is 12.4 Å². The fourth-order valence-corrected chi connectivity index (χ4v) is 2.46. The second-order valence-electron chi connectivity index (χ2n) is 4.27. The molecule has 1 atom stereocenters. The molecule has 0 aliphatic rings. The van der Waals surface area contributed by atoms with Crippen molar-refractivity contribution in [2.45, 2.75) is 19.6 Å². The minimum atomic E-state index is -0.0660. The molecule has 19 heavy (non-hydrogen) atoms. The summed E-state index contributed by atoms with van der Waals surface area (Å²) < 4.78 is 7.76. The van der Waals surface area contributed by atoms with Gasteiger partial charge in [-0.05, 0) is 41.1 Å². The van der Waals surface area contributed by atoms with Crippen LogP contribution in [0.25, 0.3) is 0 Å². The lowest BCUT2D eigenvalue weighted by Gasteiger charge is -2.14. The predicted molar refractivity (Wildman–Crippen MR) is 83.0 cm³/mol. The third-order valence-corrected chi connectivity index (χ3v) is 3.55. The molecule has 1 aromatic heterocycles. The number of hydrogen-bond acceptors (Lipinski definition) is 3. The van der Waals surface area contributed by atoms with Crippen molar-refractivity contribution >= 4 is 31.9 Å². The third kappa shape index (κ3) is 4.03. The van der Waals surface area contributed by atoms with Gasteiger partial charge in [0.05, 0.1) is 0 Å². The average Bonchev–Trinajstić information content (AvgIpc) is 2.36. The number of pyridine rings is 1. The highest BCUT2D eigenvalue weighted by Crippen LogP contribution is 2.28. The summed E-state index contributed by atoms with van der Waals surface area (Å²) in [7, 11) is 0. The number of aromatic nitrogens is 1. The summed E-state index contributed by atoms with van der Waals surface area (Å²) in [5, 5.41) is 0. The van der Waals surface area contributed by atoms with Crippen molar-refractivity contribution in [2.75, 3.05) is 0 Å². The fourth-order valence-electron chi connectivity index (χ4n) is 1.71. The van der Waals surface area contributed by atoms with Crippen molar-refractivity contribution in [2.24, 2.45) is 5.73 Å². The Balaban J connectivity index is 2.17. The maximum absolute atomic E-state index is 5.94. The number of nitrogens with zero attached hydrogens (tertiary/aromatic N) is 1. The molecule has 0 saturated heterocycles. The molecule has 2 aromatic rings. The summed E-state index contributed by atoms with van der Waals surface area (Å²) in [6.07, 6.45) is 3.53. The van der Waals surface area contributed by atoms with E-state index in [4.69, 9.17) is 10.5 Å². The third-order valence-electron chi connectivity index (χ3n) is 2.62. The van der Waals surface area contributed by atoms with E-state index in [1.165, 1.54) is 0 Å². The van der Waals surface area contributed by atoms with Crippen LogP contribution < -0.4 is 10.5 Å². The van der Waals surface area contributed by atoms with Crippen LogP contribution in [0.5, 0.6) is 5.75 Å². The van der Waals surface area contributed by atoms with Crippen molar-refractivity contribution < 1.29 is 4.74 Å². The summed E-state index contributed by atoms with van der Waals surface area (Å²) in [5.74, 6) is 0.796. The highest BCUT2D eigenvalue weighted by atomic mass is 79.9. The van der Waals surface area contributed by atoms with Crippen LogP contribution in [0.4, 0.5) is 0 Å². The van der Waals surface area contributed by atoms with Gasteiger partial charge in [0.2, 0.25) is 0 Å². The van der Waals surface area contributed by atoms with E-state index in [9.17, 15) is 0 Å². The van der Waals surface area contributed by atoms with E-state index in [1.54, 1.807) is 12.4 Å². The van der Waals surface area contributed by atoms with Gasteiger partial charge in [0, 0.05) is 38.5 Å².